The van der Waals surface area contributed by atoms with Crippen LogP contribution in [0.1, 0.15) is 42.7 Å². The fourth-order valence-corrected chi connectivity index (χ4v) is 2.87. The van der Waals surface area contributed by atoms with Crippen LogP contribution in [-0.2, 0) is 14.3 Å². The average molecular weight is 349 g/mol. The summed E-state index contributed by atoms with van der Waals surface area (Å²) < 4.78 is 4.59. The summed E-state index contributed by atoms with van der Waals surface area (Å²) in [5.74, 6) is -1.15. The van der Waals surface area contributed by atoms with Crippen molar-refractivity contribution in [2.45, 2.75) is 32.7 Å². The van der Waals surface area contributed by atoms with Crippen molar-refractivity contribution < 1.29 is 19.1 Å². The predicted molar refractivity (Wildman–Crippen MR) is 90.2 cm³/mol. The molecule has 1 fully saturated rings. The molecule has 0 spiro atoms. The molecule has 2 amide bonds. The van der Waals surface area contributed by atoms with Gasteiger partial charge in [0, 0.05) is 24.8 Å². The van der Waals surface area contributed by atoms with Crippen LogP contribution in [-0.4, -0.2) is 65.4 Å². The smallest absolute Gasteiger partial charge is 0.325 e. The van der Waals surface area contributed by atoms with E-state index in [0.29, 0.717) is 17.8 Å². The van der Waals surface area contributed by atoms with Gasteiger partial charge in [0.2, 0.25) is 11.5 Å². The van der Waals surface area contributed by atoms with E-state index in [-0.39, 0.29) is 36.4 Å². The molecule has 1 aliphatic heterocycles. The van der Waals surface area contributed by atoms with Crippen LogP contribution in [0, 0.1) is 0 Å². The summed E-state index contributed by atoms with van der Waals surface area (Å²) in [6.07, 6.45) is 0. The van der Waals surface area contributed by atoms with Gasteiger partial charge in [-0.15, -0.1) is 0 Å². The van der Waals surface area contributed by atoms with Crippen LogP contribution < -0.4 is 5.56 Å². The molecule has 25 heavy (non-hydrogen) atoms. The molecule has 0 aromatic carbocycles. The Kier molecular flexibility index (Phi) is 5.61. The lowest BCUT2D eigenvalue weighted by Crippen LogP contribution is -2.58. The second kappa shape index (κ2) is 7.50. The van der Waals surface area contributed by atoms with Crippen molar-refractivity contribution in [2.24, 2.45) is 0 Å². The topological polar surface area (TPSA) is 99.8 Å². The summed E-state index contributed by atoms with van der Waals surface area (Å²) in [6, 6.07) is 2.10. The van der Waals surface area contributed by atoms with E-state index in [0.717, 1.165) is 0 Å². The highest BCUT2D eigenvalue weighted by Crippen LogP contribution is 2.20. The standard InChI is InChI=1S/C17H23N3O5/c1-10(2)15-12(5-6-13(21)18-15)17(24)20-8-7-19(9-14(22)25-4)16(23)11(20)3/h5-6,10-11H,7-9H2,1-4H3,(H,18,21). The first-order chi connectivity index (χ1) is 11.8. The molecule has 0 saturated carbocycles. The van der Waals surface area contributed by atoms with Gasteiger partial charge >= 0.3 is 5.97 Å². The second-order valence-corrected chi connectivity index (χ2v) is 6.32. The van der Waals surface area contributed by atoms with Crippen LogP contribution >= 0.6 is 0 Å². The van der Waals surface area contributed by atoms with E-state index in [9.17, 15) is 19.2 Å². The minimum atomic E-state index is -0.696. The minimum Gasteiger partial charge on any atom is -0.468 e. The first-order valence-corrected chi connectivity index (χ1v) is 8.16. The highest BCUT2D eigenvalue weighted by Gasteiger charge is 2.36. The number of piperazine rings is 1. The molecule has 1 saturated heterocycles. The second-order valence-electron chi connectivity index (χ2n) is 6.32. The van der Waals surface area contributed by atoms with Gasteiger partial charge in [-0.05, 0) is 18.9 Å². The number of hydrogen-bond donors (Lipinski definition) is 1. The SMILES string of the molecule is COC(=O)CN1CCN(C(=O)c2ccc(=O)[nH]c2C(C)C)C(C)C1=O. The van der Waals surface area contributed by atoms with E-state index >= 15 is 0 Å². The van der Waals surface area contributed by atoms with Crippen molar-refractivity contribution in [1.29, 1.82) is 0 Å². The minimum absolute atomic E-state index is 0.0422. The molecule has 0 radical (unpaired) electrons. The molecule has 1 unspecified atom stereocenters. The van der Waals surface area contributed by atoms with Crippen molar-refractivity contribution in [2.75, 3.05) is 26.7 Å². The Bertz CT molecular complexity index is 740. The van der Waals surface area contributed by atoms with Crippen LogP contribution in [0.15, 0.2) is 16.9 Å². The summed E-state index contributed by atoms with van der Waals surface area (Å²) in [4.78, 5) is 53.9. The number of carbonyl (C=O) groups is 3. The monoisotopic (exact) mass is 349 g/mol. The fourth-order valence-electron chi connectivity index (χ4n) is 2.87. The summed E-state index contributed by atoms with van der Waals surface area (Å²) in [7, 11) is 1.26. The van der Waals surface area contributed by atoms with Crippen molar-refractivity contribution in [3.8, 4) is 0 Å². The lowest BCUT2D eigenvalue weighted by atomic mass is 10.0. The van der Waals surface area contributed by atoms with Gasteiger partial charge in [0.25, 0.3) is 5.91 Å². The molecule has 1 aromatic heterocycles. The lowest BCUT2D eigenvalue weighted by molar-refractivity contribution is -0.150. The van der Waals surface area contributed by atoms with Gasteiger partial charge in [-0.25, -0.2) is 0 Å². The number of amides is 2. The number of nitrogens with one attached hydrogen (secondary N) is 1. The van der Waals surface area contributed by atoms with Gasteiger partial charge in [-0.3, -0.25) is 19.2 Å². The summed E-state index contributed by atoms with van der Waals surface area (Å²) >= 11 is 0. The summed E-state index contributed by atoms with van der Waals surface area (Å²) in [6.45, 7) is 5.82. The highest BCUT2D eigenvalue weighted by atomic mass is 16.5. The number of pyridine rings is 1. The van der Waals surface area contributed by atoms with E-state index in [4.69, 9.17) is 0 Å². The quantitative estimate of drug-likeness (QED) is 0.791. The zero-order valence-electron chi connectivity index (χ0n) is 14.9. The Balaban J connectivity index is 2.23. The van der Waals surface area contributed by atoms with Crippen molar-refractivity contribution >= 4 is 17.8 Å². The number of aromatic nitrogens is 1. The normalized spacial score (nSPS) is 17.8. The van der Waals surface area contributed by atoms with Gasteiger partial charge in [-0.2, -0.15) is 0 Å². The van der Waals surface area contributed by atoms with E-state index in [2.05, 4.69) is 9.72 Å². The summed E-state index contributed by atoms with van der Waals surface area (Å²) in [5.41, 5.74) is 0.664. The molecule has 1 aliphatic rings. The van der Waals surface area contributed by atoms with Crippen LogP contribution in [0.4, 0.5) is 0 Å². The molecule has 0 aliphatic carbocycles. The third-order valence-electron chi connectivity index (χ3n) is 4.31. The molecule has 1 N–H and O–H groups in total. The number of carbonyl (C=O) groups excluding carboxylic acids is 3. The maximum atomic E-state index is 12.9. The van der Waals surface area contributed by atoms with E-state index in [1.807, 2.05) is 13.8 Å². The van der Waals surface area contributed by atoms with Gasteiger partial charge in [0.1, 0.15) is 12.6 Å². The van der Waals surface area contributed by atoms with Crippen LogP contribution in [0.3, 0.4) is 0 Å². The third kappa shape index (κ3) is 3.89. The molecule has 2 heterocycles. The van der Waals surface area contributed by atoms with E-state index in [1.54, 1.807) is 6.92 Å². The first-order valence-electron chi connectivity index (χ1n) is 8.16. The van der Waals surface area contributed by atoms with Crippen LogP contribution in [0.25, 0.3) is 0 Å². The highest BCUT2D eigenvalue weighted by molar-refractivity contribution is 5.99. The van der Waals surface area contributed by atoms with Crippen molar-refractivity contribution in [3.63, 3.8) is 0 Å². The zero-order valence-corrected chi connectivity index (χ0v) is 14.9. The Morgan fingerprint density at radius 1 is 1.28 bits per heavy atom. The Hall–Kier alpha value is -2.64. The van der Waals surface area contributed by atoms with E-state index in [1.165, 1.54) is 29.0 Å². The fraction of sp³-hybridized carbons (Fsp3) is 0.529. The van der Waals surface area contributed by atoms with Gasteiger partial charge in [-0.1, -0.05) is 13.8 Å². The maximum absolute atomic E-state index is 12.9. The molecule has 2 rings (SSSR count). The largest absolute Gasteiger partial charge is 0.468 e. The van der Waals surface area contributed by atoms with Crippen molar-refractivity contribution in [1.82, 2.24) is 14.8 Å². The predicted octanol–water partition coefficient (Wildman–Crippen LogP) is 0.344. The molecular weight excluding hydrogens is 326 g/mol. The first kappa shape index (κ1) is 18.7. The number of nitrogens with zero attached hydrogens (tertiary/aromatic N) is 2. The molecule has 1 aromatic rings. The summed E-state index contributed by atoms with van der Waals surface area (Å²) in [5, 5.41) is 0. The maximum Gasteiger partial charge on any atom is 0.325 e. The Labute approximate surface area is 145 Å². The molecule has 8 nitrogen and oxygen atoms in total. The number of rotatable bonds is 4. The van der Waals surface area contributed by atoms with Crippen LogP contribution in [0.5, 0.6) is 0 Å². The van der Waals surface area contributed by atoms with E-state index < -0.39 is 12.0 Å². The Morgan fingerprint density at radius 3 is 2.56 bits per heavy atom. The molecule has 0 bridgehead atoms. The zero-order chi connectivity index (χ0) is 18.7. The molecular formula is C17H23N3O5. The molecule has 136 valence electrons. The number of H-pyrrole nitrogens is 1. The average Bonchev–Trinajstić information content (AvgIpc) is 2.58. The van der Waals surface area contributed by atoms with Gasteiger partial charge in [0.05, 0.1) is 12.7 Å². The lowest BCUT2D eigenvalue weighted by Gasteiger charge is -2.38. The number of ether oxygens (including phenoxy) is 1. The number of esters is 1. The Morgan fingerprint density at radius 2 is 1.96 bits per heavy atom. The number of hydrogen-bond acceptors (Lipinski definition) is 5. The molecule has 8 heteroatoms. The van der Waals surface area contributed by atoms with Gasteiger partial charge < -0.3 is 19.5 Å². The number of aromatic amines is 1. The molecule has 1 atom stereocenters. The van der Waals surface area contributed by atoms with Crippen molar-refractivity contribution in [3.05, 3.63) is 33.7 Å². The number of methoxy groups -OCH3 is 1. The van der Waals surface area contributed by atoms with Gasteiger partial charge in [0.15, 0.2) is 0 Å². The van der Waals surface area contributed by atoms with Crippen LogP contribution in [0.2, 0.25) is 0 Å². The third-order valence-corrected chi connectivity index (χ3v) is 4.31.